The number of nitrogens with two attached hydrogens (primary N) is 2. The van der Waals surface area contributed by atoms with Crippen LogP contribution in [0.4, 0.5) is 30.4 Å². The van der Waals surface area contributed by atoms with Crippen LogP contribution < -0.4 is 16.4 Å². The summed E-state index contributed by atoms with van der Waals surface area (Å²) >= 11 is 0. The number of hydrogen-bond donors (Lipinski definition) is 2. The molecule has 0 radical (unpaired) electrons. The summed E-state index contributed by atoms with van der Waals surface area (Å²) in [7, 11) is 1.93. The molecule has 0 atom stereocenters. The fourth-order valence-corrected chi connectivity index (χ4v) is 4.93. The summed E-state index contributed by atoms with van der Waals surface area (Å²) < 4.78 is 47.0. The van der Waals surface area contributed by atoms with Gasteiger partial charge in [0.1, 0.15) is 5.82 Å². The summed E-state index contributed by atoms with van der Waals surface area (Å²) in [6, 6.07) is 2.85. The van der Waals surface area contributed by atoms with E-state index in [0.29, 0.717) is 36.8 Å². The second-order valence-corrected chi connectivity index (χ2v) is 9.45. The highest BCUT2D eigenvalue weighted by atomic mass is 19.4. The largest absolute Gasteiger partial charge is 0.418 e. The van der Waals surface area contributed by atoms with Crippen molar-refractivity contribution in [3.8, 4) is 11.3 Å². The molecule has 0 bridgehead atoms. The first-order valence-electron chi connectivity index (χ1n) is 11.6. The second-order valence-electron chi connectivity index (χ2n) is 9.45. The highest BCUT2D eigenvalue weighted by molar-refractivity contribution is 5.82. The molecule has 2 fully saturated rings. The van der Waals surface area contributed by atoms with Gasteiger partial charge in [-0.3, -0.25) is 4.98 Å². The van der Waals surface area contributed by atoms with Gasteiger partial charge in [-0.15, -0.1) is 0 Å². The summed E-state index contributed by atoms with van der Waals surface area (Å²) in [4.78, 5) is 10.5. The molecule has 0 spiro atoms. The zero-order valence-electron chi connectivity index (χ0n) is 19.2. The maximum absolute atomic E-state index is 13.7. The number of halogens is 3. The molecule has 180 valence electrons. The number of aromatic nitrogens is 2. The molecule has 2 aliphatic rings. The Bertz CT molecular complexity index is 1000. The molecular formula is C24H32F3N5O. The Labute approximate surface area is 192 Å². The van der Waals surface area contributed by atoms with Crippen molar-refractivity contribution in [3.63, 3.8) is 0 Å². The smallest absolute Gasteiger partial charge is 0.394 e. The molecule has 2 heterocycles. The molecule has 4 N–H and O–H groups in total. The monoisotopic (exact) mass is 463 g/mol. The molecule has 9 heteroatoms. The normalized spacial score (nSPS) is 18.0. The van der Waals surface area contributed by atoms with Crippen molar-refractivity contribution in [1.82, 2.24) is 9.97 Å². The zero-order chi connectivity index (χ0) is 23.8. The molecule has 4 rings (SSSR count). The minimum atomic E-state index is -4.48. The lowest BCUT2D eigenvalue weighted by Gasteiger charge is -2.35. The Hall–Kier alpha value is -2.55. The van der Waals surface area contributed by atoms with Gasteiger partial charge >= 0.3 is 6.18 Å². The third-order valence-electron chi connectivity index (χ3n) is 6.81. The van der Waals surface area contributed by atoms with Crippen molar-refractivity contribution in [2.45, 2.75) is 57.5 Å². The molecule has 0 aliphatic heterocycles. The molecule has 0 saturated heterocycles. The number of anilines is 3. The van der Waals surface area contributed by atoms with Gasteiger partial charge < -0.3 is 21.1 Å². The van der Waals surface area contributed by atoms with Crippen molar-refractivity contribution in [1.29, 1.82) is 0 Å². The minimum absolute atomic E-state index is 0.0202. The van der Waals surface area contributed by atoms with E-state index < -0.39 is 11.7 Å². The van der Waals surface area contributed by atoms with Gasteiger partial charge in [0.05, 0.1) is 34.9 Å². The van der Waals surface area contributed by atoms with Crippen LogP contribution in [0, 0.1) is 5.41 Å². The maximum atomic E-state index is 13.7. The summed E-state index contributed by atoms with van der Waals surface area (Å²) in [5.41, 5.74) is 13.4. The van der Waals surface area contributed by atoms with Crippen molar-refractivity contribution in [2.24, 2.45) is 5.41 Å². The van der Waals surface area contributed by atoms with Crippen molar-refractivity contribution in [2.75, 3.05) is 43.2 Å². The van der Waals surface area contributed by atoms with E-state index in [0.717, 1.165) is 44.6 Å². The summed E-state index contributed by atoms with van der Waals surface area (Å²) in [6.45, 7) is 4.03. The number of ether oxygens (including phenoxy) is 1. The van der Waals surface area contributed by atoms with E-state index in [4.69, 9.17) is 16.2 Å². The summed E-state index contributed by atoms with van der Waals surface area (Å²) in [5.74, 6) is -0.0192. The number of rotatable bonds is 8. The van der Waals surface area contributed by atoms with Crippen LogP contribution in [0.2, 0.25) is 0 Å². The number of nitrogen functional groups attached to an aromatic ring is 2. The number of nitrogens with zero attached hydrogens (tertiary/aromatic N) is 3. The standard InChI is InChI=1S/C24H32F3N5O/c1-3-33-14-23(8-4-5-9-23)13-32(2)19-11-18(31-22(29)20(19)28)16-10-17(24(25,26)27)21(30-12-16)15-6-7-15/h10-12,15H,3-9,13-14,28H2,1-2H3,(H2,29,31). The zero-order valence-corrected chi connectivity index (χ0v) is 19.2. The lowest BCUT2D eigenvalue weighted by molar-refractivity contribution is -0.138. The highest BCUT2D eigenvalue weighted by Gasteiger charge is 2.40. The van der Waals surface area contributed by atoms with E-state index in [9.17, 15) is 13.2 Å². The Balaban J connectivity index is 1.68. The Morgan fingerprint density at radius 2 is 1.88 bits per heavy atom. The number of alkyl halides is 3. The summed E-state index contributed by atoms with van der Waals surface area (Å²) in [5, 5.41) is 0. The topological polar surface area (TPSA) is 90.3 Å². The second kappa shape index (κ2) is 9.00. The van der Waals surface area contributed by atoms with Crippen LogP contribution in [0.3, 0.4) is 0 Å². The van der Waals surface area contributed by atoms with Gasteiger partial charge in [0.15, 0.2) is 0 Å². The van der Waals surface area contributed by atoms with E-state index in [1.54, 1.807) is 6.07 Å². The van der Waals surface area contributed by atoms with E-state index in [1.165, 1.54) is 6.20 Å². The van der Waals surface area contributed by atoms with Crippen LogP contribution >= 0.6 is 0 Å². The third-order valence-corrected chi connectivity index (χ3v) is 6.81. The lowest BCUT2D eigenvalue weighted by atomic mass is 9.86. The van der Waals surface area contributed by atoms with Gasteiger partial charge in [0.2, 0.25) is 0 Å². The molecule has 6 nitrogen and oxygen atoms in total. The van der Waals surface area contributed by atoms with Crippen molar-refractivity contribution >= 4 is 17.2 Å². The molecule has 33 heavy (non-hydrogen) atoms. The number of pyridine rings is 2. The first-order chi connectivity index (χ1) is 15.6. The van der Waals surface area contributed by atoms with E-state index in [2.05, 4.69) is 9.97 Å². The van der Waals surface area contributed by atoms with Gasteiger partial charge in [-0.1, -0.05) is 12.8 Å². The van der Waals surface area contributed by atoms with Gasteiger partial charge in [0.25, 0.3) is 0 Å². The van der Waals surface area contributed by atoms with E-state index in [-0.39, 0.29) is 28.4 Å². The number of hydrogen-bond acceptors (Lipinski definition) is 6. The SMILES string of the molecule is CCOCC1(CN(C)c2cc(-c3cnc(C4CC4)c(C(F)(F)F)c3)nc(N)c2N)CCCC1. The molecule has 0 aromatic carbocycles. The molecule has 2 aliphatic carbocycles. The van der Waals surface area contributed by atoms with E-state index >= 15 is 0 Å². The first kappa shape index (κ1) is 23.6. The first-order valence-corrected chi connectivity index (χ1v) is 11.6. The average Bonchev–Trinajstić information content (AvgIpc) is 3.52. The third kappa shape index (κ3) is 5.03. The fraction of sp³-hybridized carbons (Fsp3) is 0.583. The van der Waals surface area contributed by atoms with Gasteiger partial charge in [-0.2, -0.15) is 13.2 Å². The molecule has 0 unspecified atom stereocenters. The molecular weight excluding hydrogens is 431 g/mol. The predicted molar refractivity (Wildman–Crippen MR) is 124 cm³/mol. The highest BCUT2D eigenvalue weighted by Crippen LogP contribution is 2.46. The van der Waals surface area contributed by atoms with Crippen molar-refractivity contribution < 1.29 is 17.9 Å². The fourth-order valence-electron chi connectivity index (χ4n) is 4.93. The van der Waals surface area contributed by atoms with Gasteiger partial charge in [0, 0.05) is 43.3 Å². The molecule has 2 saturated carbocycles. The van der Waals surface area contributed by atoms with Gasteiger partial charge in [-0.05, 0) is 44.7 Å². The predicted octanol–water partition coefficient (Wildman–Crippen LogP) is 5.24. The van der Waals surface area contributed by atoms with Gasteiger partial charge in [-0.25, -0.2) is 4.98 Å². The van der Waals surface area contributed by atoms with Crippen LogP contribution in [-0.4, -0.2) is 36.8 Å². The molecule has 0 amide bonds. The molecule has 2 aromatic heterocycles. The van der Waals surface area contributed by atoms with Crippen LogP contribution in [0.15, 0.2) is 18.3 Å². The van der Waals surface area contributed by atoms with Crippen LogP contribution in [0.25, 0.3) is 11.3 Å². The van der Waals surface area contributed by atoms with Crippen LogP contribution in [-0.2, 0) is 10.9 Å². The lowest BCUT2D eigenvalue weighted by Crippen LogP contribution is -2.37. The molecule has 2 aromatic rings. The maximum Gasteiger partial charge on any atom is 0.418 e. The van der Waals surface area contributed by atoms with Crippen molar-refractivity contribution in [3.05, 3.63) is 29.6 Å². The van der Waals surface area contributed by atoms with Crippen LogP contribution in [0.5, 0.6) is 0 Å². The Morgan fingerprint density at radius 1 is 1.18 bits per heavy atom. The van der Waals surface area contributed by atoms with E-state index in [1.807, 2.05) is 18.9 Å². The summed E-state index contributed by atoms with van der Waals surface area (Å²) in [6.07, 6.45) is 2.88. The quantitative estimate of drug-likeness (QED) is 0.557. The average molecular weight is 464 g/mol. The Kier molecular flexibility index (Phi) is 6.44. The minimum Gasteiger partial charge on any atom is -0.394 e. The Morgan fingerprint density at radius 3 is 2.48 bits per heavy atom. The van der Waals surface area contributed by atoms with Crippen LogP contribution in [0.1, 0.15) is 62.6 Å².